The number of carboxylic acids is 1. The van der Waals surface area contributed by atoms with Crippen molar-refractivity contribution in [2.45, 2.75) is 31.7 Å². The van der Waals surface area contributed by atoms with E-state index in [1.165, 1.54) is 24.3 Å². The molecular formula is C18H22FN3O4. The number of anilines is 1. The lowest BCUT2D eigenvalue weighted by Crippen LogP contribution is -2.41. The largest absolute Gasteiger partial charge is 0.481 e. The smallest absolute Gasteiger partial charge is 0.319 e. The zero-order valence-electron chi connectivity index (χ0n) is 14.3. The van der Waals surface area contributed by atoms with Gasteiger partial charge in [-0.05, 0) is 49.9 Å². The van der Waals surface area contributed by atoms with E-state index in [1.54, 1.807) is 4.90 Å². The molecule has 1 aliphatic carbocycles. The molecule has 0 spiro atoms. The maximum Gasteiger partial charge on any atom is 0.319 e. The van der Waals surface area contributed by atoms with E-state index in [0.29, 0.717) is 44.5 Å². The van der Waals surface area contributed by atoms with Gasteiger partial charge < -0.3 is 20.6 Å². The van der Waals surface area contributed by atoms with Crippen LogP contribution in [0.25, 0.3) is 0 Å². The molecule has 1 saturated heterocycles. The number of carboxylic acid groups (broad SMARTS) is 1. The van der Waals surface area contributed by atoms with Crippen LogP contribution >= 0.6 is 0 Å². The molecule has 2 fully saturated rings. The van der Waals surface area contributed by atoms with Gasteiger partial charge in [-0.25, -0.2) is 9.18 Å². The standard InChI is InChI=1S/C18H22FN3O4/c19-13-3-5-14(6-4-13)20-18(26)21-15-7-8-22(10-15)16(23)11-1-2-12(9-11)17(24)25/h3-6,11-12,15H,1-2,7-10H2,(H,24,25)(H2,20,21,26)/t11-,12+,15?/m0/s1. The lowest BCUT2D eigenvalue weighted by molar-refractivity contribution is -0.141. The second-order valence-electron chi connectivity index (χ2n) is 6.92. The molecule has 1 aromatic carbocycles. The van der Waals surface area contributed by atoms with Gasteiger partial charge in [0.2, 0.25) is 5.91 Å². The molecule has 3 rings (SSSR count). The van der Waals surface area contributed by atoms with Gasteiger partial charge >= 0.3 is 12.0 Å². The minimum absolute atomic E-state index is 0.0167. The Hall–Kier alpha value is -2.64. The summed E-state index contributed by atoms with van der Waals surface area (Å²) in [5, 5.41) is 14.5. The van der Waals surface area contributed by atoms with Crippen LogP contribution in [0.5, 0.6) is 0 Å². The van der Waals surface area contributed by atoms with Crippen molar-refractivity contribution < 1.29 is 23.9 Å². The number of benzene rings is 1. The minimum Gasteiger partial charge on any atom is -0.481 e. The summed E-state index contributed by atoms with van der Waals surface area (Å²) in [6, 6.07) is 4.91. The van der Waals surface area contributed by atoms with Gasteiger partial charge in [0.05, 0.1) is 5.92 Å². The Labute approximate surface area is 150 Å². The van der Waals surface area contributed by atoms with E-state index in [9.17, 15) is 18.8 Å². The van der Waals surface area contributed by atoms with Gasteiger partial charge in [-0.3, -0.25) is 9.59 Å². The van der Waals surface area contributed by atoms with Crippen molar-refractivity contribution in [3.63, 3.8) is 0 Å². The first-order valence-corrected chi connectivity index (χ1v) is 8.77. The van der Waals surface area contributed by atoms with E-state index in [1.807, 2.05) is 0 Å². The number of rotatable bonds is 4. The van der Waals surface area contributed by atoms with Crippen LogP contribution in [-0.4, -0.2) is 47.0 Å². The SMILES string of the molecule is O=C(Nc1ccc(F)cc1)NC1CCN(C(=O)[C@H]2CC[C@@H](C(=O)O)C2)C1. The Morgan fingerprint density at radius 2 is 1.77 bits per heavy atom. The molecule has 26 heavy (non-hydrogen) atoms. The van der Waals surface area contributed by atoms with Crippen LogP contribution < -0.4 is 10.6 Å². The third kappa shape index (κ3) is 4.30. The zero-order chi connectivity index (χ0) is 18.7. The van der Waals surface area contributed by atoms with E-state index in [0.717, 1.165) is 0 Å². The molecule has 1 aromatic rings. The highest BCUT2D eigenvalue weighted by Gasteiger charge is 2.38. The number of hydrogen-bond donors (Lipinski definition) is 3. The van der Waals surface area contributed by atoms with Crippen molar-refractivity contribution in [2.24, 2.45) is 11.8 Å². The van der Waals surface area contributed by atoms with Gasteiger partial charge in [0.25, 0.3) is 0 Å². The Morgan fingerprint density at radius 3 is 2.42 bits per heavy atom. The van der Waals surface area contributed by atoms with Gasteiger partial charge in [0.15, 0.2) is 0 Å². The predicted octanol–water partition coefficient (Wildman–Crippen LogP) is 2.05. The molecule has 3 amide bonds. The lowest BCUT2D eigenvalue weighted by Gasteiger charge is -2.21. The van der Waals surface area contributed by atoms with E-state index < -0.39 is 17.9 Å². The number of urea groups is 1. The second-order valence-corrected chi connectivity index (χ2v) is 6.92. The van der Waals surface area contributed by atoms with Crippen molar-refractivity contribution in [1.29, 1.82) is 0 Å². The fraction of sp³-hybridized carbons (Fsp3) is 0.500. The molecule has 1 saturated carbocycles. The number of nitrogens with one attached hydrogen (secondary N) is 2. The monoisotopic (exact) mass is 363 g/mol. The summed E-state index contributed by atoms with van der Waals surface area (Å²) < 4.78 is 12.9. The first-order valence-electron chi connectivity index (χ1n) is 8.77. The average Bonchev–Trinajstić information content (AvgIpc) is 3.26. The molecule has 1 unspecified atom stereocenters. The average molecular weight is 363 g/mol. The van der Waals surface area contributed by atoms with E-state index in [2.05, 4.69) is 10.6 Å². The quantitative estimate of drug-likeness (QED) is 0.762. The van der Waals surface area contributed by atoms with Gasteiger partial charge in [-0.15, -0.1) is 0 Å². The summed E-state index contributed by atoms with van der Waals surface area (Å²) in [7, 11) is 0. The molecular weight excluding hydrogens is 341 g/mol. The number of amides is 3. The fourth-order valence-electron chi connectivity index (χ4n) is 3.65. The number of halogens is 1. The van der Waals surface area contributed by atoms with Crippen molar-refractivity contribution in [1.82, 2.24) is 10.2 Å². The molecule has 3 N–H and O–H groups in total. The Kier molecular flexibility index (Phi) is 5.39. The number of carbonyl (C=O) groups excluding carboxylic acids is 2. The predicted molar refractivity (Wildman–Crippen MR) is 92.0 cm³/mol. The number of hydrogen-bond acceptors (Lipinski definition) is 3. The molecule has 2 aliphatic rings. The van der Waals surface area contributed by atoms with Crippen molar-refractivity contribution >= 4 is 23.6 Å². The topological polar surface area (TPSA) is 98.7 Å². The molecule has 3 atom stereocenters. The maximum absolute atomic E-state index is 12.9. The first-order chi connectivity index (χ1) is 12.4. The summed E-state index contributed by atoms with van der Waals surface area (Å²) in [5.41, 5.74) is 0.487. The second kappa shape index (κ2) is 7.72. The van der Waals surface area contributed by atoms with E-state index in [4.69, 9.17) is 5.11 Å². The minimum atomic E-state index is -0.835. The van der Waals surface area contributed by atoms with Crippen LogP contribution in [0, 0.1) is 17.7 Å². The molecule has 8 heteroatoms. The summed E-state index contributed by atoms with van der Waals surface area (Å²) >= 11 is 0. The zero-order valence-corrected chi connectivity index (χ0v) is 14.3. The van der Waals surface area contributed by atoms with Crippen molar-refractivity contribution in [3.8, 4) is 0 Å². The highest BCUT2D eigenvalue weighted by molar-refractivity contribution is 5.89. The Bertz CT molecular complexity index is 694. The molecule has 1 heterocycles. The van der Waals surface area contributed by atoms with Crippen LogP contribution in [-0.2, 0) is 9.59 Å². The van der Waals surface area contributed by atoms with Gasteiger partial charge in [0.1, 0.15) is 5.82 Å². The fourth-order valence-corrected chi connectivity index (χ4v) is 3.65. The molecule has 140 valence electrons. The van der Waals surface area contributed by atoms with Crippen molar-refractivity contribution in [3.05, 3.63) is 30.1 Å². The van der Waals surface area contributed by atoms with Gasteiger partial charge in [-0.2, -0.15) is 0 Å². The third-order valence-corrected chi connectivity index (χ3v) is 5.07. The normalized spacial score (nSPS) is 25.1. The van der Waals surface area contributed by atoms with Crippen LogP contribution in [0.4, 0.5) is 14.9 Å². The van der Waals surface area contributed by atoms with Crippen molar-refractivity contribution in [2.75, 3.05) is 18.4 Å². The summed E-state index contributed by atoms with van der Waals surface area (Å²) in [5.74, 6) is -1.89. The number of aliphatic carboxylic acids is 1. The summed E-state index contributed by atoms with van der Waals surface area (Å²) in [6.45, 7) is 0.971. The van der Waals surface area contributed by atoms with Crippen LogP contribution in [0.3, 0.4) is 0 Å². The molecule has 7 nitrogen and oxygen atoms in total. The van der Waals surface area contributed by atoms with Crippen LogP contribution in [0.2, 0.25) is 0 Å². The Morgan fingerprint density at radius 1 is 1.08 bits per heavy atom. The summed E-state index contributed by atoms with van der Waals surface area (Å²) in [6.07, 6.45) is 2.20. The highest BCUT2D eigenvalue weighted by Crippen LogP contribution is 2.33. The maximum atomic E-state index is 12.9. The number of likely N-dealkylation sites (tertiary alicyclic amines) is 1. The van der Waals surface area contributed by atoms with Gasteiger partial charge in [-0.1, -0.05) is 0 Å². The number of carbonyl (C=O) groups is 3. The van der Waals surface area contributed by atoms with Crippen LogP contribution in [0.1, 0.15) is 25.7 Å². The molecule has 0 bridgehead atoms. The molecule has 0 aromatic heterocycles. The molecule has 0 radical (unpaired) electrons. The highest BCUT2D eigenvalue weighted by atomic mass is 19.1. The van der Waals surface area contributed by atoms with Gasteiger partial charge in [0, 0.05) is 30.7 Å². The first kappa shape index (κ1) is 18.2. The van der Waals surface area contributed by atoms with Crippen LogP contribution in [0.15, 0.2) is 24.3 Å². The third-order valence-electron chi connectivity index (χ3n) is 5.07. The van der Waals surface area contributed by atoms with E-state index >= 15 is 0 Å². The van der Waals surface area contributed by atoms with E-state index in [-0.39, 0.29) is 23.7 Å². The number of nitrogens with zero attached hydrogens (tertiary/aromatic N) is 1. The lowest BCUT2D eigenvalue weighted by atomic mass is 10.0. The molecule has 1 aliphatic heterocycles. The summed E-state index contributed by atoms with van der Waals surface area (Å²) in [4.78, 5) is 37.3. The Balaban J connectivity index is 1.46.